The maximum absolute atomic E-state index is 5.94. The number of aromatic amines is 1. The van der Waals surface area contributed by atoms with Gasteiger partial charge in [0.1, 0.15) is 0 Å². The normalized spacial score (nSPS) is 10.5. The Hall–Kier alpha value is -1.61. The van der Waals surface area contributed by atoms with Crippen molar-refractivity contribution in [2.75, 3.05) is 24.2 Å². The van der Waals surface area contributed by atoms with Crippen molar-refractivity contribution >= 4 is 23.0 Å². The molecule has 0 saturated carbocycles. The Morgan fingerprint density at radius 3 is 2.82 bits per heavy atom. The lowest BCUT2D eigenvalue weighted by Crippen LogP contribution is -2.21. The summed E-state index contributed by atoms with van der Waals surface area (Å²) in [6.07, 6.45) is 2.90. The summed E-state index contributed by atoms with van der Waals surface area (Å²) in [5.41, 5.74) is 8.89. The Balaban J connectivity index is 2.01. The van der Waals surface area contributed by atoms with Crippen molar-refractivity contribution in [1.29, 1.82) is 0 Å². The molecule has 0 aliphatic carbocycles. The quantitative estimate of drug-likeness (QED) is 0.819. The molecule has 0 saturated heterocycles. The SMILES string of the molecule is CN(CCc1ccc[nH]1)c1ccc(Cl)cc1N. The molecule has 3 N–H and O–H groups in total. The van der Waals surface area contributed by atoms with Crippen LogP contribution in [0.2, 0.25) is 5.02 Å². The number of H-pyrrole nitrogens is 1. The second-order valence-corrected chi connectivity index (χ2v) is 4.51. The van der Waals surface area contributed by atoms with Gasteiger partial charge in [0.2, 0.25) is 0 Å². The zero-order valence-corrected chi connectivity index (χ0v) is 10.5. The number of rotatable bonds is 4. The number of nitrogens with one attached hydrogen (secondary N) is 1. The van der Waals surface area contributed by atoms with E-state index in [9.17, 15) is 0 Å². The first-order valence-corrected chi connectivity index (χ1v) is 5.93. The molecule has 1 aromatic heterocycles. The van der Waals surface area contributed by atoms with E-state index in [4.69, 9.17) is 17.3 Å². The highest BCUT2D eigenvalue weighted by Crippen LogP contribution is 2.25. The summed E-state index contributed by atoms with van der Waals surface area (Å²) in [6, 6.07) is 9.68. The average Bonchev–Trinajstić information content (AvgIpc) is 2.78. The van der Waals surface area contributed by atoms with Crippen LogP contribution in [-0.2, 0) is 6.42 Å². The molecule has 90 valence electrons. The van der Waals surface area contributed by atoms with Crippen molar-refractivity contribution in [2.24, 2.45) is 0 Å². The molecule has 4 heteroatoms. The second-order valence-electron chi connectivity index (χ2n) is 4.07. The number of halogens is 1. The largest absolute Gasteiger partial charge is 0.397 e. The molecule has 0 fully saturated rings. The Morgan fingerprint density at radius 1 is 1.35 bits per heavy atom. The smallest absolute Gasteiger partial charge is 0.0598 e. The summed E-state index contributed by atoms with van der Waals surface area (Å²) in [4.78, 5) is 5.32. The number of hydrogen-bond acceptors (Lipinski definition) is 2. The molecule has 1 aromatic carbocycles. The molecule has 0 aliphatic rings. The van der Waals surface area contributed by atoms with Gasteiger partial charge in [-0.15, -0.1) is 0 Å². The van der Waals surface area contributed by atoms with Crippen molar-refractivity contribution in [1.82, 2.24) is 4.98 Å². The molecule has 0 unspecified atom stereocenters. The van der Waals surface area contributed by atoms with E-state index in [2.05, 4.69) is 16.0 Å². The molecule has 1 heterocycles. The molecule has 0 bridgehead atoms. The summed E-state index contributed by atoms with van der Waals surface area (Å²) in [5, 5.41) is 0.670. The van der Waals surface area contributed by atoms with Crippen LogP contribution in [0.4, 0.5) is 11.4 Å². The van der Waals surface area contributed by atoms with Gasteiger partial charge < -0.3 is 15.6 Å². The van der Waals surface area contributed by atoms with Crippen molar-refractivity contribution in [2.45, 2.75) is 6.42 Å². The minimum Gasteiger partial charge on any atom is -0.397 e. The maximum Gasteiger partial charge on any atom is 0.0598 e. The topological polar surface area (TPSA) is 45.0 Å². The molecule has 0 amide bonds. The van der Waals surface area contributed by atoms with Crippen molar-refractivity contribution in [3.8, 4) is 0 Å². The number of nitrogen functional groups attached to an aromatic ring is 1. The Kier molecular flexibility index (Phi) is 3.59. The van der Waals surface area contributed by atoms with Crippen molar-refractivity contribution in [3.05, 3.63) is 47.2 Å². The minimum atomic E-state index is 0.670. The third-order valence-corrected chi connectivity index (χ3v) is 3.01. The highest BCUT2D eigenvalue weighted by molar-refractivity contribution is 6.31. The standard InChI is InChI=1S/C13H16ClN3/c1-17(8-6-11-3-2-7-16-11)13-5-4-10(14)9-12(13)15/h2-5,7,9,16H,6,8,15H2,1H3. The van der Waals surface area contributed by atoms with E-state index in [-0.39, 0.29) is 0 Å². The van der Waals surface area contributed by atoms with Crippen LogP contribution in [0.15, 0.2) is 36.5 Å². The van der Waals surface area contributed by atoms with Gasteiger partial charge in [0, 0.05) is 36.9 Å². The molecular weight excluding hydrogens is 234 g/mol. The zero-order chi connectivity index (χ0) is 12.3. The molecule has 3 nitrogen and oxygen atoms in total. The summed E-state index contributed by atoms with van der Waals surface area (Å²) in [5.74, 6) is 0. The summed E-state index contributed by atoms with van der Waals surface area (Å²) < 4.78 is 0. The van der Waals surface area contributed by atoms with Gasteiger partial charge in [-0.1, -0.05) is 11.6 Å². The van der Waals surface area contributed by atoms with Gasteiger partial charge in [0.05, 0.1) is 11.4 Å². The van der Waals surface area contributed by atoms with E-state index in [1.807, 2.05) is 31.4 Å². The summed E-state index contributed by atoms with van der Waals surface area (Å²) in [6.45, 7) is 0.909. The first kappa shape index (κ1) is 11.9. The molecule has 2 rings (SSSR count). The van der Waals surface area contributed by atoms with E-state index in [1.165, 1.54) is 5.69 Å². The summed E-state index contributed by atoms with van der Waals surface area (Å²) in [7, 11) is 2.03. The number of aromatic nitrogens is 1. The van der Waals surface area contributed by atoms with Gasteiger partial charge in [-0.05, 0) is 30.3 Å². The van der Waals surface area contributed by atoms with Crippen LogP contribution in [0.1, 0.15) is 5.69 Å². The van der Waals surface area contributed by atoms with Gasteiger partial charge >= 0.3 is 0 Å². The predicted molar refractivity (Wildman–Crippen MR) is 73.6 cm³/mol. The zero-order valence-electron chi connectivity index (χ0n) is 9.78. The highest BCUT2D eigenvalue weighted by atomic mass is 35.5. The molecule has 17 heavy (non-hydrogen) atoms. The monoisotopic (exact) mass is 249 g/mol. The molecular formula is C13H16ClN3. The van der Waals surface area contributed by atoms with Crippen molar-refractivity contribution < 1.29 is 0 Å². The first-order chi connectivity index (χ1) is 8.16. The molecule has 0 aliphatic heterocycles. The Labute approximate surface area is 106 Å². The predicted octanol–water partition coefficient (Wildman–Crippen LogP) is 2.93. The molecule has 0 radical (unpaired) electrons. The van der Waals surface area contributed by atoms with Gasteiger partial charge in [-0.2, -0.15) is 0 Å². The number of anilines is 2. The highest BCUT2D eigenvalue weighted by Gasteiger charge is 2.06. The van der Waals surface area contributed by atoms with Gasteiger partial charge in [0.25, 0.3) is 0 Å². The van der Waals surface area contributed by atoms with E-state index in [1.54, 1.807) is 6.07 Å². The maximum atomic E-state index is 5.94. The van der Waals surface area contributed by atoms with E-state index < -0.39 is 0 Å². The Bertz CT molecular complexity index is 479. The van der Waals surface area contributed by atoms with Crippen LogP contribution in [0.25, 0.3) is 0 Å². The van der Waals surface area contributed by atoms with E-state index in [0.29, 0.717) is 10.7 Å². The number of benzene rings is 1. The fraction of sp³-hybridized carbons (Fsp3) is 0.231. The number of likely N-dealkylation sites (N-methyl/N-ethyl adjacent to an activating group) is 1. The Morgan fingerprint density at radius 2 is 2.18 bits per heavy atom. The van der Waals surface area contributed by atoms with Crippen molar-refractivity contribution in [3.63, 3.8) is 0 Å². The van der Waals surface area contributed by atoms with E-state index in [0.717, 1.165) is 18.7 Å². The lowest BCUT2D eigenvalue weighted by Gasteiger charge is -2.20. The first-order valence-electron chi connectivity index (χ1n) is 5.55. The average molecular weight is 250 g/mol. The minimum absolute atomic E-state index is 0.670. The fourth-order valence-electron chi connectivity index (χ4n) is 1.80. The van der Waals surface area contributed by atoms with Crippen LogP contribution < -0.4 is 10.6 Å². The second kappa shape index (κ2) is 5.15. The van der Waals surface area contributed by atoms with Gasteiger partial charge in [0.15, 0.2) is 0 Å². The van der Waals surface area contributed by atoms with Gasteiger partial charge in [-0.3, -0.25) is 0 Å². The van der Waals surface area contributed by atoms with Crippen LogP contribution in [-0.4, -0.2) is 18.6 Å². The van der Waals surface area contributed by atoms with Crippen LogP contribution in [0, 0.1) is 0 Å². The van der Waals surface area contributed by atoms with Gasteiger partial charge in [-0.25, -0.2) is 0 Å². The van der Waals surface area contributed by atoms with Crippen LogP contribution in [0.3, 0.4) is 0 Å². The van der Waals surface area contributed by atoms with Crippen LogP contribution in [0.5, 0.6) is 0 Å². The fourth-order valence-corrected chi connectivity index (χ4v) is 1.99. The molecule has 0 spiro atoms. The molecule has 2 aromatic rings. The lowest BCUT2D eigenvalue weighted by molar-refractivity contribution is 0.860. The lowest BCUT2D eigenvalue weighted by atomic mass is 10.2. The number of hydrogen-bond donors (Lipinski definition) is 2. The molecule has 0 atom stereocenters. The number of nitrogens with zero attached hydrogens (tertiary/aromatic N) is 1. The summed E-state index contributed by atoms with van der Waals surface area (Å²) >= 11 is 5.88. The third-order valence-electron chi connectivity index (χ3n) is 2.78. The number of nitrogens with two attached hydrogens (primary N) is 1. The van der Waals surface area contributed by atoms with Crippen LogP contribution >= 0.6 is 11.6 Å². The third kappa shape index (κ3) is 2.94. The van der Waals surface area contributed by atoms with E-state index >= 15 is 0 Å².